The number of aromatic nitrogens is 1. The number of carboxylic acids is 1. The minimum atomic E-state index is -1.10. The van der Waals surface area contributed by atoms with Gasteiger partial charge in [-0.25, -0.2) is 9.78 Å². The monoisotopic (exact) mass is 460 g/mol. The first kappa shape index (κ1) is 24.5. The Morgan fingerprint density at radius 3 is 2.41 bits per heavy atom. The molecule has 0 aliphatic rings. The summed E-state index contributed by atoms with van der Waals surface area (Å²) < 4.78 is 11.5. The van der Waals surface area contributed by atoms with Gasteiger partial charge in [0.1, 0.15) is 11.5 Å². The smallest absolute Gasteiger partial charge is 0.337 e. The number of hydrogen-bond acceptors (Lipinski definition) is 5. The molecule has 176 valence electrons. The van der Waals surface area contributed by atoms with Crippen LogP contribution in [0, 0.1) is 0 Å². The Labute approximate surface area is 199 Å². The molecule has 0 saturated heterocycles. The van der Waals surface area contributed by atoms with Gasteiger partial charge in [0.25, 0.3) is 0 Å². The number of aromatic carboxylic acids is 1. The first-order valence-electron chi connectivity index (χ1n) is 11.0. The number of pyridine rings is 1. The average molecular weight is 461 g/mol. The molecule has 7 nitrogen and oxygen atoms in total. The highest BCUT2D eigenvalue weighted by molar-refractivity contribution is 6.00. The van der Waals surface area contributed by atoms with Gasteiger partial charge in [-0.3, -0.25) is 4.79 Å². The normalized spacial score (nSPS) is 10.3. The number of para-hydroxylation sites is 1. The molecular formula is C27H28N2O5. The summed E-state index contributed by atoms with van der Waals surface area (Å²) in [6, 6.07) is 17.0. The minimum absolute atomic E-state index is 0.0397. The van der Waals surface area contributed by atoms with Gasteiger partial charge in [-0.1, -0.05) is 29.8 Å². The largest absolute Gasteiger partial charge is 0.494 e. The van der Waals surface area contributed by atoms with Crippen molar-refractivity contribution in [1.29, 1.82) is 0 Å². The molecule has 3 rings (SSSR count). The zero-order chi connectivity index (χ0) is 24.3. The number of carbonyl (C=O) groups excluding carboxylic acids is 1. The van der Waals surface area contributed by atoms with Gasteiger partial charge < -0.3 is 19.9 Å². The van der Waals surface area contributed by atoms with Crippen LogP contribution in [0.5, 0.6) is 17.4 Å². The molecule has 0 aliphatic heterocycles. The standard InChI is InChI=1S/C27H28N2O5/c1-19(2)7-5-6-16-33-21-11-13-22(14-12-21)34-26-15-10-20(18-28-26)17-25(30)29-24-9-4-3-8-23(24)27(31)32/h3-4,7-15,18H,5-6,16-17H2,1-2H3,(H,29,30)(H,31,32). The Kier molecular flexibility index (Phi) is 8.80. The van der Waals surface area contributed by atoms with E-state index < -0.39 is 5.97 Å². The van der Waals surface area contributed by atoms with Crippen LogP contribution in [0.2, 0.25) is 0 Å². The number of amides is 1. The number of ether oxygens (including phenoxy) is 2. The highest BCUT2D eigenvalue weighted by Gasteiger charge is 2.12. The van der Waals surface area contributed by atoms with Crippen LogP contribution in [-0.2, 0) is 11.2 Å². The van der Waals surface area contributed by atoms with Gasteiger partial charge in [0.15, 0.2) is 0 Å². The van der Waals surface area contributed by atoms with Crippen molar-refractivity contribution >= 4 is 17.6 Å². The summed E-state index contributed by atoms with van der Waals surface area (Å²) in [5.41, 5.74) is 2.29. The van der Waals surface area contributed by atoms with Crippen LogP contribution >= 0.6 is 0 Å². The van der Waals surface area contributed by atoms with Crippen molar-refractivity contribution in [3.05, 3.63) is 89.6 Å². The highest BCUT2D eigenvalue weighted by atomic mass is 16.5. The number of hydrogen-bond donors (Lipinski definition) is 2. The van der Waals surface area contributed by atoms with Crippen LogP contribution < -0.4 is 14.8 Å². The van der Waals surface area contributed by atoms with Crippen LogP contribution in [0.3, 0.4) is 0 Å². The van der Waals surface area contributed by atoms with E-state index in [0.717, 1.165) is 18.6 Å². The minimum Gasteiger partial charge on any atom is -0.494 e. The Bertz CT molecular complexity index is 1130. The molecule has 1 amide bonds. The summed E-state index contributed by atoms with van der Waals surface area (Å²) in [6.45, 7) is 4.83. The molecule has 0 atom stereocenters. The Morgan fingerprint density at radius 2 is 1.74 bits per heavy atom. The van der Waals surface area contributed by atoms with Crippen LogP contribution in [0.25, 0.3) is 0 Å². The van der Waals surface area contributed by atoms with E-state index in [1.807, 2.05) is 24.3 Å². The molecule has 1 heterocycles. The number of nitrogens with one attached hydrogen (secondary N) is 1. The van der Waals surface area contributed by atoms with Crippen molar-refractivity contribution in [2.75, 3.05) is 11.9 Å². The molecule has 0 bridgehead atoms. The van der Waals surface area contributed by atoms with E-state index in [9.17, 15) is 14.7 Å². The Balaban J connectivity index is 1.48. The third kappa shape index (κ3) is 7.78. The molecule has 0 aliphatic carbocycles. The molecule has 2 N–H and O–H groups in total. The predicted molar refractivity (Wildman–Crippen MR) is 131 cm³/mol. The van der Waals surface area contributed by atoms with E-state index in [1.54, 1.807) is 36.5 Å². The summed E-state index contributed by atoms with van der Waals surface area (Å²) in [6.07, 6.45) is 5.78. The summed E-state index contributed by atoms with van der Waals surface area (Å²) in [4.78, 5) is 27.9. The van der Waals surface area contributed by atoms with E-state index in [-0.39, 0.29) is 23.6 Å². The lowest BCUT2D eigenvalue weighted by molar-refractivity contribution is -0.115. The lowest BCUT2D eigenvalue weighted by Gasteiger charge is -2.09. The zero-order valence-electron chi connectivity index (χ0n) is 19.3. The number of nitrogens with zero attached hydrogens (tertiary/aromatic N) is 1. The fraction of sp³-hybridized carbons (Fsp3) is 0.222. The maximum atomic E-state index is 12.3. The molecule has 0 saturated carbocycles. The number of benzene rings is 2. The van der Waals surface area contributed by atoms with Crippen molar-refractivity contribution < 1.29 is 24.2 Å². The van der Waals surface area contributed by atoms with Crippen molar-refractivity contribution in [1.82, 2.24) is 4.98 Å². The molecule has 0 unspecified atom stereocenters. The second-order valence-corrected chi connectivity index (χ2v) is 7.93. The first-order chi connectivity index (χ1) is 16.4. The summed E-state index contributed by atoms with van der Waals surface area (Å²) in [5.74, 6) is 0.373. The van der Waals surface area contributed by atoms with Crippen molar-refractivity contribution in [3.63, 3.8) is 0 Å². The maximum Gasteiger partial charge on any atom is 0.337 e. The number of anilines is 1. The van der Waals surface area contributed by atoms with Gasteiger partial charge in [-0.15, -0.1) is 0 Å². The second kappa shape index (κ2) is 12.2. The van der Waals surface area contributed by atoms with Crippen molar-refractivity contribution in [3.8, 4) is 17.4 Å². The van der Waals surface area contributed by atoms with E-state index in [2.05, 4.69) is 30.2 Å². The van der Waals surface area contributed by atoms with Crippen LogP contribution in [0.15, 0.2) is 78.5 Å². The molecule has 0 spiro atoms. The van der Waals surface area contributed by atoms with Crippen LogP contribution in [0.4, 0.5) is 5.69 Å². The predicted octanol–water partition coefficient (Wildman–Crippen LogP) is 5.88. The third-order valence-corrected chi connectivity index (χ3v) is 4.81. The van der Waals surface area contributed by atoms with E-state index in [4.69, 9.17) is 9.47 Å². The van der Waals surface area contributed by atoms with Gasteiger partial charge in [0.05, 0.1) is 24.3 Å². The summed E-state index contributed by atoms with van der Waals surface area (Å²) in [7, 11) is 0. The fourth-order valence-corrected chi connectivity index (χ4v) is 3.12. The molecule has 0 radical (unpaired) electrons. The lowest BCUT2D eigenvalue weighted by atomic mass is 10.1. The van der Waals surface area contributed by atoms with Crippen molar-refractivity contribution in [2.45, 2.75) is 33.1 Å². The number of unbranched alkanes of at least 4 members (excludes halogenated alkanes) is 1. The molecular weight excluding hydrogens is 432 g/mol. The summed E-state index contributed by atoms with van der Waals surface area (Å²) in [5, 5.41) is 11.9. The van der Waals surface area contributed by atoms with E-state index in [0.29, 0.717) is 23.8 Å². The second-order valence-electron chi connectivity index (χ2n) is 7.93. The van der Waals surface area contributed by atoms with Gasteiger partial charge in [0.2, 0.25) is 11.8 Å². The van der Waals surface area contributed by atoms with Gasteiger partial charge >= 0.3 is 5.97 Å². The molecule has 3 aromatic rings. The van der Waals surface area contributed by atoms with Gasteiger partial charge in [0, 0.05) is 12.3 Å². The quantitative estimate of drug-likeness (QED) is 0.274. The topological polar surface area (TPSA) is 97.8 Å². The molecule has 7 heteroatoms. The molecule has 1 aromatic heterocycles. The van der Waals surface area contributed by atoms with Crippen LogP contribution in [-0.4, -0.2) is 28.6 Å². The lowest BCUT2D eigenvalue weighted by Crippen LogP contribution is -2.16. The zero-order valence-corrected chi connectivity index (χ0v) is 19.3. The van der Waals surface area contributed by atoms with Crippen molar-refractivity contribution in [2.24, 2.45) is 0 Å². The Hall–Kier alpha value is -4.13. The summed E-state index contributed by atoms with van der Waals surface area (Å²) >= 11 is 0. The molecule has 2 aromatic carbocycles. The molecule has 0 fully saturated rings. The fourth-order valence-electron chi connectivity index (χ4n) is 3.12. The third-order valence-electron chi connectivity index (χ3n) is 4.81. The first-order valence-corrected chi connectivity index (χ1v) is 11.0. The van der Waals surface area contributed by atoms with Gasteiger partial charge in [-0.2, -0.15) is 0 Å². The number of rotatable bonds is 11. The number of carbonyl (C=O) groups is 2. The van der Waals surface area contributed by atoms with Gasteiger partial charge in [-0.05, 0) is 68.7 Å². The number of allylic oxidation sites excluding steroid dienone is 2. The SMILES string of the molecule is CC(C)=CCCCOc1ccc(Oc2ccc(CC(=O)Nc3ccccc3C(=O)O)cn2)cc1. The number of carboxylic acid groups (broad SMARTS) is 1. The Morgan fingerprint density at radius 1 is 1.00 bits per heavy atom. The highest BCUT2D eigenvalue weighted by Crippen LogP contribution is 2.23. The van der Waals surface area contributed by atoms with E-state index >= 15 is 0 Å². The maximum absolute atomic E-state index is 12.3. The van der Waals surface area contributed by atoms with Crippen LogP contribution in [0.1, 0.15) is 42.6 Å². The average Bonchev–Trinajstić information content (AvgIpc) is 2.81. The molecule has 34 heavy (non-hydrogen) atoms. The van der Waals surface area contributed by atoms with E-state index in [1.165, 1.54) is 11.6 Å².